The number of H-pyrrole nitrogens is 1. The molecule has 0 unspecified atom stereocenters. The summed E-state index contributed by atoms with van der Waals surface area (Å²) in [5.74, 6) is -3.43. The maximum atomic E-state index is 13.0. The second-order valence-corrected chi connectivity index (χ2v) is 4.24. The Bertz CT molecular complexity index is 747. The lowest BCUT2D eigenvalue weighted by molar-refractivity contribution is -0.383. The van der Waals surface area contributed by atoms with E-state index in [0.29, 0.717) is 0 Å². The molecule has 0 fully saturated rings. The molecule has 2 aromatic rings. The highest BCUT2D eigenvalue weighted by atomic mass is 19.3. The van der Waals surface area contributed by atoms with Gasteiger partial charge in [-0.1, -0.05) is 0 Å². The highest BCUT2D eigenvalue weighted by molar-refractivity contribution is 5.86. The Morgan fingerprint density at radius 2 is 2.19 bits per heavy atom. The Morgan fingerprint density at radius 3 is 2.81 bits per heavy atom. The largest absolute Gasteiger partial charge is 0.390 e. The van der Waals surface area contributed by atoms with Crippen LogP contribution in [0.5, 0.6) is 0 Å². The molecule has 0 radical (unpaired) electrons. The molecule has 1 heterocycles. The minimum atomic E-state index is -3.43. The molecule has 0 bridgehead atoms. The molecular formula is C11H10F2N4O4. The number of aromatic nitrogens is 2. The molecule has 0 saturated heterocycles. The average molecular weight is 300 g/mol. The van der Waals surface area contributed by atoms with Gasteiger partial charge in [0, 0.05) is 6.07 Å². The van der Waals surface area contributed by atoms with E-state index in [1.54, 1.807) is 0 Å². The van der Waals surface area contributed by atoms with Crippen molar-refractivity contribution in [3.63, 3.8) is 0 Å². The second kappa shape index (κ2) is 5.40. The number of nitro benzene ring substituents is 1. The van der Waals surface area contributed by atoms with Crippen molar-refractivity contribution in [2.75, 3.05) is 18.5 Å². The van der Waals surface area contributed by atoms with Gasteiger partial charge in [-0.3, -0.25) is 14.9 Å². The molecule has 0 aliphatic rings. The summed E-state index contributed by atoms with van der Waals surface area (Å²) in [5.41, 5.74) is -1.19. The zero-order valence-corrected chi connectivity index (χ0v) is 10.5. The maximum absolute atomic E-state index is 13.0. The van der Waals surface area contributed by atoms with Crippen molar-refractivity contribution in [1.29, 1.82) is 0 Å². The van der Waals surface area contributed by atoms with E-state index in [-0.39, 0.29) is 16.6 Å². The van der Waals surface area contributed by atoms with Crippen molar-refractivity contribution < 1.29 is 18.8 Å². The molecule has 21 heavy (non-hydrogen) atoms. The summed E-state index contributed by atoms with van der Waals surface area (Å²) < 4.78 is 26.0. The van der Waals surface area contributed by atoms with E-state index in [2.05, 4.69) is 15.3 Å². The molecule has 3 N–H and O–H groups in total. The van der Waals surface area contributed by atoms with Crippen LogP contribution in [-0.2, 0) is 0 Å². The first-order chi connectivity index (χ1) is 9.84. The Hall–Kier alpha value is -2.62. The lowest BCUT2D eigenvalue weighted by Gasteiger charge is -2.15. The van der Waals surface area contributed by atoms with Crippen LogP contribution in [0.1, 0.15) is 0 Å². The van der Waals surface area contributed by atoms with Gasteiger partial charge >= 0.3 is 0 Å². The minimum absolute atomic E-state index is 0.0244. The van der Waals surface area contributed by atoms with E-state index in [4.69, 9.17) is 5.11 Å². The molecule has 10 heteroatoms. The van der Waals surface area contributed by atoms with Crippen LogP contribution in [0.3, 0.4) is 0 Å². The molecule has 1 aromatic carbocycles. The lowest BCUT2D eigenvalue weighted by Crippen LogP contribution is -2.31. The number of rotatable bonds is 5. The molecular weight excluding hydrogens is 290 g/mol. The quantitative estimate of drug-likeness (QED) is 0.556. The molecule has 2 rings (SSSR count). The number of aliphatic hydroxyl groups excluding tert-OH is 1. The first-order valence-electron chi connectivity index (χ1n) is 5.72. The van der Waals surface area contributed by atoms with Crippen LogP contribution < -0.4 is 10.9 Å². The first-order valence-corrected chi connectivity index (χ1v) is 5.72. The molecule has 0 aliphatic heterocycles. The third kappa shape index (κ3) is 3.11. The number of hydrogen-bond donors (Lipinski definition) is 3. The van der Waals surface area contributed by atoms with E-state index >= 15 is 0 Å². The number of anilines is 1. The number of hydrogen-bond acceptors (Lipinski definition) is 6. The van der Waals surface area contributed by atoms with Gasteiger partial charge in [0.2, 0.25) is 0 Å². The van der Waals surface area contributed by atoms with Crippen LogP contribution in [0.4, 0.5) is 20.2 Å². The summed E-state index contributed by atoms with van der Waals surface area (Å²) in [6.07, 6.45) is 1.10. The van der Waals surface area contributed by atoms with Crippen LogP contribution in [0, 0.1) is 10.1 Å². The molecule has 8 nitrogen and oxygen atoms in total. The summed E-state index contributed by atoms with van der Waals surface area (Å²) in [4.78, 5) is 27.8. The molecule has 0 atom stereocenters. The molecule has 0 aliphatic carbocycles. The van der Waals surface area contributed by atoms with Gasteiger partial charge in [0.25, 0.3) is 17.2 Å². The number of nitrogens with zero attached hydrogens (tertiary/aromatic N) is 2. The van der Waals surface area contributed by atoms with E-state index in [1.807, 2.05) is 0 Å². The number of aliphatic hydroxyl groups is 1. The lowest BCUT2D eigenvalue weighted by atomic mass is 10.2. The first kappa shape index (κ1) is 14.8. The van der Waals surface area contributed by atoms with Gasteiger partial charge in [0.05, 0.1) is 28.7 Å². The highest BCUT2D eigenvalue weighted by Gasteiger charge is 2.28. The van der Waals surface area contributed by atoms with Crippen LogP contribution in [0.15, 0.2) is 23.3 Å². The minimum Gasteiger partial charge on any atom is -0.390 e. The fraction of sp³-hybridized carbons (Fsp3) is 0.273. The SMILES string of the molecule is O=c1[nH]cnc2cc(NCC(F)(F)CO)c([N+](=O)[O-])cc12. The Kier molecular flexibility index (Phi) is 3.80. The zero-order chi connectivity index (χ0) is 15.6. The fourth-order valence-electron chi connectivity index (χ4n) is 1.68. The second-order valence-electron chi connectivity index (χ2n) is 4.24. The van der Waals surface area contributed by atoms with Gasteiger partial charge in [0.15, 0.2) is 0 Å². The molecule has 0 saturated carbocycles. The average Bonchev–Trinajstić information content (AvgIpc) is 2.44. The van der Waals surface area contributed by atoms with Crippen molar-refractivity contribution in [2.24, 2.45) is 0 Å². The van der Waals surface area contributed by atoms with Crippen LogP contribution in [0.2, 0.25) is 0 Å². The number of benzene rings is 1. The number of fused-ring (bicyclic) bond motifs is 1. The summed E-state index contributed by atoms with van der Waals surface area (Å²) in [6, 6.07) is 2.09. The van der Waals surface area contributed by atoms with Gasteiger partial charge < -0.3 is 15.4 Å². The van der Waals surface area contributed by atoms with Crippen molar-refractivity contribution >= 4 is 22.3 Å². The van der Waals surface area contributed by atoms with Crippen LogP contribution in [0.25, 0.3) is 10.9 Å². The van der Waals surface area contributed by atoms with Gasteiger partial charge in [0.1, 0.15) is 12.3 Å². The van der Waals surface area contributed by atoms with Crippen molar-refractivity contribution in [3.8, 4) is 0 Å². The predicted molar refractivity (Wildman–Crippen MR) is 69.5 cm³/mol. The van der Waals surface area contributed by atoms with E-state index in [9.17, 15) is 23.7 Å². The predicted octanol–water partition coefficient (Wildman–Crippen LogP) is 0.871. The van der Waals surface area contributed by atoms with Gasteiger partial charge in [-0.25, -0.2) is 13.8 Å². The topological polar surface area (TPSA) is 121 Å². The van der Waals surface area contributed by atoms with Gasteiger partial charge in [-0.05, 0) is 6.07 Å². The van der Waals surface area contributed by atoms with E-state index in [1.165, 1.54) is 0 Å². The molecule has 0 amide bonds. The fourth-order valence-corrected chi connectivity index (χ4v) is 1.68. The highest BCUT2D eigenvalue weighted by Crippen LogP contribution is 2.28. The van der Waals surface area contributed by atoms with Gasteiger partial charge in [-0.2, -0.15) is 0 Å². The summed E-state index contributed by atoms with van der Waals surface area (Å²) >= 11 is 0. The number of alkyl halides is 2. The number of halogens is 2. The van der Waals surface area contributed by atoms with Crippen LogP contribution >= 0.6 is 0 Å². The molecule has 0 spiro atoms. The number of aromatic amines is 1. The Balaban J connectivity index is 2.49. The zero-order valence-electron chi connectivity index (χ0n) is 10.5. The van der Waals surface area contributed by atoms with Crippen molar-refractivity contribution in [3.05, 3.63) is 38.9 Å². The standard InChI is InChI=1S/C11H10F2N4O4/c12-11(13,4-18)3-14-8-2-7-6(1-9(8)17(20)21)10(19)16-5-15-7/h1-2,5,14,18H,3-4H2,(H,15,16,19). The molecule has 1 aromatic heterocycles. The third-order valence-corrected chi connectivity index (χ3v) is 2.72. The van der Waals surface area contributed by atoms with E-state index < -0.39 is 35.2 Å². The van der Waals surface area contributed by atoms with Gasteiger partial charge in [-0.15, -0.1) is 0 Å². The monoisotopic (exact) mass is 300 g/mol. The summed E-state index contributed by atoms with van der Waals surface area (Å²) in [6.45, 7) is -2.38. The van der Waals surface area contributed by atoms with E-state index in [0.717, 1.165) is 18.5 Å². The smallest absolute Gasteiger partial charge is 0.293 e. The van der Waals surface area contributed by atoms with Crippen molar-refractivity contribution in [1.82, 2.24) is 9.97 Å². The summed E-state index contributed by atoms with van der Waals surface area (Å²) in [5, 5.41) is 21.6. The number of nitrogens with one attached hydrogen (secondary N) is 2. The third-order valence-electron chi connectivity index (χ3n) is 2.72. The normalized spacial score (nSPS) is 11.6. The Morgan fingerprint density at radius 1 is 1.48 bits per heavy atom. The van der Waals surface area contributed by atoms with Crippen molar-refractivity contribution in [2.45, 2.75) is 5.92 Å². The maximum Gasteiger partial charge on any atom is 0.293 e. The Labute approximate surface area is 115 Å². The molecule has 112 valence electrons. The van der Waals surface area contributed by atoms with Crippen LogP contribution in [-0.4, -0.2) is 39.1 Å². The summed E-state index contributed by atoms with van der Waals surface area (Å²) in [7, 11) is 0. The number of nitro groups is 1.